The molecular formula is C9H18O2. The Morgan fingerprint density at radius 2 is 2.00 bits per heavy atom. The molecule has 11 heavy (non-hydrogen) atoms. The van der Waals surface area contributed by atoms with E-state index in [2.05, 4.69) is 6.92 Å². The number of rotatable bonds is 3. The average Bonchev–Trinajstić information content (AvgIpc) is 2.32. The van der Waals surface area contributed by atoms with Crippen LogP contribution in [0.4, 0.5) is 0 Å². The smallest absolute Gasteiger partial charge is 0.0624 e. The van der Waals surface area contributed by atoms with Crippen molar-refractivity contribution < 1.29 is 9.47 Å². The van der Waals surface area contributed by atoms with E-state index in [4.69, 9.17) is 9.47 Å². The Morgan fingerprint density at radius 3 is 2.55 bits per heavy atom. The van der Waals surface area contributed by atoms with Gasteiger partial charge in [-0.05, 0) is 18.8 Å². The molecule has 3 atom stereocenters. The molecule has 0 amide bonds. The molecule has 2 nitrogen and oxygen atoms in total. The largest absolute Gasteiger partial charge is 0.384 e. The topological polar surface area (TPSA) is 18.5 Å². The van der Waals surface area contributed by atoms with Gasteiger partial charge in [0.25, 0.3) is 0 Å². The lowest BCUT2D eigenvalue weighted by atomic mass is 10.1. The predicted molar refractivity (Wildman–Crippen MR) is 44.6 cm³/mol. The highest BCUT2D eigenvalue weighted by atomic mass is 16.5. The number of hydrogen-bond donors (Lipinski definition) is 0. The van der Waals surface area contributed by atoms with E-state index in [0.29, 0.717) is 12.0 Å². The Bertz CT molecular complexity index is 114. The first kappa shape index (κ1) is 9.01. The molecule has 1 rings (SSSR count). The zero-order valence-electron chi connectivity index (χ0n) is 7.67. The van der Waals surface area contributed by atoms with Crippen LogP contribution in [-0.4, -0.2) is 26.9 Å². The van der Waals surface area contributed by atoms with Crippen molar-refractivity contribution in [3.63, 3.8) is 0 Å². The fourth-order valence-corrected chi connectivity index (χ4v) is 2.03. The van der Waals surface area contributed by atoms with E-state index in [-0.39, 0.29) is 0 Å². The maximum atomic E-state index is 5.37. The van der Waals surface area contributed by atoms with Crippen LogP contribution in [0.25, 0.3) is 0 Å². The summed E-state index contributed by atoms with van der Waals surface area (Å²) in [5, 5.41) is 0. The molecule has 0 aromatic carbocycles. The minimum Gasteiger partial charge on any atom is -0.384 e. The van der Waals surface area contributed by atoms with Crippen LogP contribution in [0.5, 0.6) is 0 Å². The zero-order valence-corrected chi connectivity index (χ0v) is 7.67. The van der Waals surface area contributed by atoms with E-state index in [1.165, 1.54) is 12.8 Å². The van der Waals surface area contributed by atoms with Crippen LogP contribution in [-0.2, 0) is 9.47 Å². The summed E-state index contributed by atoms with van der Waals surface area (Å²) in [5.74, 6) is 1.43. The molecular weight excluding hydrogens is 140 g/mol. The van der Waals surface area contributed by atoms with Gasteiger partial charge in [0.1, 0.15) is 0 Å². The summed E-state index contributed by atoms with van der Waals surface area (Å²) in [7, 11) is 3.56. The highest BCUT2D eigenvalue weighted by molar-refractivity contribution is 4.81. The molecule has 1 aliphatic rings. The van der Waals surface area contributed by atoms with Crippen LogP contribution in [0.3, 0.4) is 0 Å². The Morgan fingerprint density at radius 1 is 1.27 bits per heavy atom. The summed E-state index contributed by atoms with van der Waals surface area (Å²) >= 11 is 0. The van der Waals surface area contributed by atoms with E-state index in [9.17, 15) is 0 Å². The first-order valence-corrected chi connectivity index (χ1v) is 4.29. The van der Waals surface area contributed by atoms with E-state index >= 15 is 0 Å². The van der Waals surface area contributed by atoms with Gasteiger partial charge in [0.05, 0.1) is 12.7 Å². The molecule has 0 aromatic rings. The molecule has 0 aromatic heterocycles. The van der Waals surface area contributed by atoms with Crippen molar-refractivity contribution in [1.82, 2.24) is 0 Å². The van der Waals surface area contributed by atoms with Crippen LogP contribution in [0, 0.1) is 11.8 Å². The molecule has 2 heteroatoms. The lowest BCUT2D eigenvalue weighted by Gasteiger charge is -2.16. The zero-order chi connectivity index (χ0) is 8.27. The van der Waals surface area contributed by atoms with Gasteiger partial charge in [-0.2, -0.15) is 0 Å². The van der Waals surface area contributed by atoms with Crippen molar-refractivity contribution in [3.05, 3.63) is 0 Å². The molecule has 1 unspecified atom stereocenters. The maximum Gasteiger partial charge on any atom is 0.0624 e. The Kier molecular flexibility index (Phi) is 3.34. The third-order valence-corrected chi connectivity index (χ3v) is 2.55. The van der Waals surface area contributed by atoms with Crippen molar-refractivity contribution in [2.45, 2.75) is 25.9 Å². The molecule has 1 fully saturated rings. The van der Waals surface area contributed by atoms with E-state index in [1.807, 2.05) is 0 Å². The third kappa shape index (κ3) is 2.17. The van der Waals surface area contributed by atoms with Gasteiger partial charge in [0, 0.05) is 20.1 Å². The van der Waals surface area contributed by atoms with Crippen molar-refractivity contribution in [1.29, 1.82) is 0 Å². The van der Waals surface area contributed by atoms with Gasteiger partial charge in [0.2, 0.25) is 0 Å². The van der Waals surface area contributed by atoms with E-state index in [0.717, 1.165) is 12.5 Å². The van der Waals surface area contributed by atoms with E-state index < -0.39 is 0 Å². The summed E-state index contributed by atoms with van der Waals surface area (Å²) in [4.78, 5) is 0. The fourth-order valence-electron chi connectivity index (χ4n) is 2.03. The fraction of sp³-hybridized carbons (Fsp3) is 1.00. The Hall–Kier alpha value is -0.0800. The van der Waals surface area contributed by atoms with Crippen molar-refractivity contribution in [2.24, 2.45) is 11.8 Å². The second kappa shape index (κ2) is 4.07. The molecule has 0 saturated heterocycles. The number of methoxy groups -OCH3 is 2. The Balaban J connectivity index is 2.37. The first-order valence-electron chi connectivity index (χ1n) is 4.29. The molecule has 66 valence electrons. The van der Waals surface area contributed by atoms with Gasteiger partial charge in [0.15, 0.2) is 0 Å². The summed E-state index contributed by atoms with van der Waals surface area (Å²) < 4.78 is 10.5. The second-order valence-electron chi connectivity index (χ2n) is 3.57. The molecule has 0 N–H and O–H groups in total. The first-order chi connectivity index (χ1) is 5.27. The molecule has 1 saturated carbocycles. The van der Waals surface area contributed by atoms with E-state index in [1.54, 1.807) is 14.2 Å². The van der Waals surface area contributed by atoms with Crippen molar-refractivity contribution in [2.75, 3.05) is 20.8 Å². The minimum absolute atomic E-state index is 0.435. The van der Waals surface area contributed by atoms with Crippen molar-refractivity contribution >= 4 is 0 Å². The maximum absolute atomic E-state index is 5.37. The molecule has 0 radical (unpaired) electrons. The standard InChI is InChI=1S/C9H18O2/c1-7-4-8(6-10-2)9(5-7)11-3/h7-9H,4-6H2,1-3H3/t7-,8-,9?/m1/s1. The number of ether oxygens (including phenoxy) is 2. The van der Waals surface area contributed by atoms with Crippen LogP contribution in [0.1, 0.15) is 19.8 Å². The van der Waals surface area contributed by atoms with Gasteiger partial charge in [-0.1, -0.05) is 6.92 Å². The van der Waals surface area contributed by atoms with Gasteiger partial charge in [-0.15, -0.1) is 0 Å². The second-order valence-corrected chi connectivity index (χ2v) is 3.57. The summed E-state index contributed by atoms with van der Waals surface area (Å²) in [6.45, 7) is 3.13. The summed E-state index contributed by atoms with van der Waals surface area (Å²) in [6.07, 6.45) is 2.89. The molecule has 1 aliphatic carbocycles. The van der Waals surface area contributed by atoms with Gasteiger partial charge in [-0.25, -0.2) is 0 Å². The van der Waals surface area contributed by atoms with Crippen LogP contribution >= 0.6 is 0 Å². The van der Waals surface area contributed by atoms with Gasteiger partial charge < -0.3 is 9.47 Å². The average molecular weight is 158 g/mol. The monoisotopic (exact) mass is 158 g/mol. The quantitative estimate of drug-likeness (QED) is 0.622. The lowest BCUT2D eigenvalue weighted by Crippen LogP contribution is -2.20. The minimum atomic E-state index is 0.435. The predicted octanol–water partition coefficient (Wildman–Crippen LogP) is 1.69. The SMILES string of the molecule is COC[C@H]1C[C@@H](C)CC1OC. The normalized spacial score (nSPS) is 37.9. The van der Waals surface area contributed by atoms with Crippen LogP contribution in [0.15, 0.2) is 0 Å². The lowest BCUT2D eigenvalue weighted by molar-refractivity contribution is 0.0330. The van der Waals surface area contributed by atoms with Crippen LogP contribution in [0.2, 0.25) is 0 Å². The highest BCUT2D eigenvalue weighted by Gasteiger charge is 2.31. The molecule has 0 aliphatic heterocycles. The summed E-state index contributed by atoms with van der Waals surface area (Å²) in [5.41, 5.74) is 0. The third-order valence-electron chi connectivity index (χ3n) is 2.55. The Labute approximate surface area is 68.9 Å². The molecule has 0 bridgehead atoms. The van der Waals surface area contributed by atoms with Gasteiger partial charge >= 0.3 is 0 Å². The van der Waals surface area contributed by atoms with Gasteiger partial charge in [-0.3, -0.25) is 0 Å². The number of hydrogen-bond acceptors (Lipinski definition) is 2. The molecule has 0 spiro atoms. The van der Waals surface area contributed by atoms with Crippen LogP contribution < -0.4 is 0 Å². The molecule has 0 heterocycles. The highest BCUT2D eigenvalue weighted by Crippen LogP contribution is 2.32. The summed E-state index contributed by atoms with van der Waals surface area (Å²) in [6, 6.07) is 0. The van der Waals surface area contributed by atoms with Crippen molar-refractivity contribution in [3.8, 4) is 0 Å².